The quantitative estimate of drug-likeness (QED) is 0.830. The molecule has 8 heteroatoms. The van der Waals surface area contributed by atoms with Gasteiger partial charge in [-0.3, -0.25) is 4.79 Å². The minimum atomic E-state index is -3.00. The molecule has 1 saturated carbocycles. The maximum Gasteiger partial charge on any atom is 0.387 e. The van der Waals surface area contributed by atoms with Gasteiger partial charge in [-0.2, -0.15) is 13.8 Å². The number of carbonyl (C=O) groups excluding carboxylic acids is 1. The van der Waals surface area contributed by atoms with Gasteiger partial charge in [-0.15, -0.1) is 0 Å². The van der Waals surface area contributed by atoms with Crippen molar-refractivity contribution >= 4 is 5.91 Å². The summed E-state index contributed by atoms with van der Waals surface area (Å²) in [5.41, 5.74) is 0.0201. The van der Waals surface area contributed by atoms with E-state index in [9.17, 15) is 13.6 Å². The Bertz CT molecular complexity index is 745. The molecule has 0 radical (unpaired) electrons. The van der Waals surface area contributed by atoms with Crippen molar-refractivity contribution in [3.8, 4) is 5.75 Å². The minimum absolute atomic E-state index is 0.0201. The van der Waals surface area contributed by atoms with E-state index >= 15 is 0 Å². The van der Waals surface area contributed by atoms with Crippen LogP contribution in [-0.4, -0.2) is 22.7 Å². The van der Waals surface area contributed by atoms with Gasteiger partial charge < -0.3 is 14.6 Å². The van der Waals surface area contributed by atoms with Crippen LogP contribution >= 0.6 is 0 Å². The van der Waals surface area contributed by atoms with Crippen LogP contribution in [0, 0.1) is 0 Å². The van der Waals surface area contributed by atoms with Crippen LogP contribution in [0.25, 0.3) is 0 Å². The molecule has 1 aliphatic rings. The smallest absolute Gasteiger partial charge is 0.387 e. The van der Waals surface area contributed by atoms with Gasteiger partial charge >= 0.3 is 6.61 Å². The average Bonchev–Trinajstić information content (AvgIpc) is 3.12. The molecule has 6 nitrogen and oxygen atoms in total. The summed E-state index contributed by atoms with van der Waals surface area (Å²) in [5, 5.41) is 6.72. The molecule has 0 spiro atoms. The Morgan fingerprint density at radius 1 is 1.27 bits per heavy atom. The number of para-hydroxylation sites is 1. The zero-order valence-corrected chi connectivity index (χ0v) is 14.5. The third kappa shape index (κ3) is 4.36. The molecule has 3 rings (SSSR count). The summed E-state index contributed by atoms with van der Waals surface area (Å²) in [6.07, 6.45) is 5.62. The number of aromatic nitrogens is 2. The number of rotatable bonds is 6. The van der Waals surface area contributed by atoms with Gasteiger partial charge in [-0.25, -0.2) is 0 Å². The molecule has 1 aromatic heterocycles. The molecule has 0 unspecified atom stereocenters. The van der Waals surface area contributed by atoms with Crippen molar-refractivity contribution in [2.24, 2.45) is 0 Å². The van der Waals surface area contributed by atoms with Gasteiger partial charge in [-0.05, 0) is 31.9 Å². The van der Waals surface area contributed by atoms with Gasteiger partial charge in [-0.1, -0.05) is 36.6 Å². The molecule has 1 fully saturated rings. The number of hydrogen-bond donors (Lipinski definition) is 1. The standard InChI is InChI=1S/C18H21F2N3O3/c1-11(17-22-15(23-26-17)12-7-3-2-4-8-12)21-16(24)13-9-5-6-10-14(13)25-18(19)20/h5-6,9-12,18H,2-4,7-8H2,1H3,(H,21,24)/t11-/m0/s1. The van der Waals surface area contributed by atoms with E-state index in [0.717, 1.165) is 25.7 Å². The molecule has 1 N–H and O–H groups in total. The highest BCUT2D eigenvalue weighted by atomic mass is 19.3. The normalized spacial score (nSPS) is 16.5. The van der Waals surface area contributed by atoms with Crippen LogP contribution in [0.1, 0.15) is 73.1 Å². The molecule has 2 aromatic rings. The first-order valence-electron chi connectivity index (χ1n) is 8.73. The Morgan fingerprint density at radius 3 is 2.73 bits per heavy atom. The Morgan fingerprint density at radius 2 is 2.00 bits per heavy atom. The summed E-state index contributed by atoms with van der Waals surface area (Å²) in [6.45, 7) is -1.30. The van der Waals surface area contributed by atoms with Gasteiger partial charge in [0, 0.05) is 5.92 Å². The second-order valence-electron chi connectivity index (χ2n) is 6.40. The van der Waals surface area contributed by atoms with Crippen molar-refractivity contribution < 1.29 is 22.8 Å². The van der Waals surface area contributed by atoms with Crippen LogP contribution in [0.3, 0.4) is 0 Å². The summed E-state index contributed by atoms with van der Waals surface area (Å²) < 4.78 is 34.6. The molecule has 26 heavy (non-hydrogen) atoms. The molecule has 1 aliphatic carbocycles. The summed E-state index contributed by atoms with van der Waals surface area (Å²) in [5.74, 6) is 0.532. The zero-order valence-electron chi connectivity index (χ0n) is 14.5. The number of benzene rings is 1. The van der Waals surface area contributed by atoms with Crippen LogP contribution < -0.4 is 10.1 Å². The highest BCUT2D eigenvalue weighted by molar-refractivity contribution is 5.97. The fourth-order valence-electron chi connectivity index (χ4n) is 3.14. The number of ether oxygens (including phenoxy) is 1. The van der Waals surface area contributed by atoms with E-state index in [-0.39, 0.29) is 11.3 Å². The number of amides is 1. The molecule has 140 valence electrons. The number of nitrogens with one attached hydrogen (secondary N) is 1. The van der Waals surface area contributed by atoms with Crippen LogP contribution in [0.2, 0.25) is 0 Å². The van der Waals surface area contributed by atoms with E-state index < -0.39 is 18.6 Å². The van der Waals surface area contributed by atoms with E-state index in [1.54, 1.807) is 13.0 Å². The number of nitrogens with zero attached hydrogens (tertiary/aromatic N) is 2. The second kappa shape index (κ2) is 8.25. The number of carbonyl (C=O) groups is 1. The van der Waals surface area contributed by atoms with Crippen molar-refractivity contribution in [2.45, 2.75) is 57.6 Å². The molecular weight excluding hydrogens is 344 g/mol. The third-order valence-corrected chi connectivity index (χ3v) is 4.49. The predicted octanol–water partition coefficient (Wildman–Crippen LogP) is 4.21. The number of halogens is 2. The third-order valence-electron chi connectivity index (χ3n) is 4.49. The lowest BCUT2D eigenvalue weighted by molar-refractivity contribution is -0.0501. The summed E-state index contributed by atoms with van der Waals surface area (Å²) in [7, 11) is 0. The van der Waals surface area contributed by atoms with E-state index in [4.69, 9.17) is 4.52 Å². The first kappa shape index (κ1) is 18.3. The van der Waals surface area contributed by atoms with Crippen molar-refractivity contribution in [2.75, 3.05) is 0 Å². The number of alkyl halides is 2. The Labute approximate surface area is 149 Å². The fraction of sp³-hybridized carbons (Fsp3) is 0.500. The van der Waals surface area contributed by atoms with Gasteiger partial charge in [0.2, 0.25) is 5.89 Å². The van der Waals surface area contributed by atoms with E-state index in [1.807, 2.05) is 0 Å². The van der Waals surface area contributed by atoms with E-state index in [0.29, 0.717) is 17.6 Å². The lowest BCUT2D eigenvalue weighted by atomic mass is 9.89. The molecule has 1 amide bonds. The molecule has 1 aromatic carbocycles. The molecule has 0 aliphatic heterocycles. The predicted molar refractivity (Wildman–Crippen MR) is 89.1 cm³/mol. The minimum Gasteiger partial charge on any atom is -0.434 e. The molecular formula is C18H21F2N3O3. The van der Waals surface area contributed by atoms with Crippen molar-refractivity contribution in [1.29, 1.82) is 0 Å². The highest BCUT2D eigenvalue weighted by Gasteiger charge is 2.24. The van der Waals surface area contributed by atoms with Crippen LogP contribution in [0.5, 0.6) is 5.75 Å². The van der Waals surface area contributed by atoms with Crippen LogP contribution in [-0.2, 0) is 0 Å². The lowest BCUT2D eigenvalue weighted by Gasteiger charge is -2.17. The topological polar surface area (TPSA) is 77.2 Å². The van der Waals surface area contributed by atoms with E-state index in [2.05, 4.69) is 20.2 Å². The molecule has 0 saturated heterocycles. The summed E-state index contributed by atoms with van der Waals surface area (Å²) in [4.78, 5) is 16.8. The summed E-state index contributed by atoms with van der Waals surface area (Å²) in [6, 6.07) is 5.28. The summed E-state index contributed by atoms with van der Waals surface area (Å²) >= 11 is 0. The van der Waals surface area contributed by atoms with Gasteiger partial charge in [0.05, 0.1) is 5.56 Å². The highest BCUT2D eigenvalue weighted by Crippen LogP contribution is 2.31. The SMILES string of the molecule is C[C@H](NC(=O)c1ccccc1OC(F)F)c1nc(C2CCCCC2)no1. The maximum absolute atomic E-state index is 12.5. The lowest BCUT2D eigenvalue weighted by Crippen LogP contribution is -2.27. The van der Waals surface area contributed by atoms with Gasteiger partial charge in [0.15, 0.2) is 5.82 Å². The Hall–Kier alpha value is -2.51. The largest absolute Gasteiger partial charge is 0.434 e. The monoisotopic (exact) mass is 365 g/mol. The van der Waals surface area contributed by atoms with Crippen molar-refractivity contribution in [1.82, 2.24) is 15.5 Å². The maximum atomic E-state index is 12.5. The first-order valence-corrected chi connectivity index (χ1v) is 8.73. The Balaban J connectivity index is 1.67. The second-order valence-corrected chi connectivity index (χ2v) is 6.40. The molecule has 0 bridgehead atoms. The fourth-order valence-corrected chi connectivity index (χ4v) is 3.14. The average molecular weight is 365 g/mol. The zero-order chi connectivity index (χ0) is 18.5. The van der Waals surface area contributed by atoms with Crippen molar-refractivity contribution in [3.63, 3.8) is 0 Å². The van der Waals surface area contributed by atoms with Crippen LogP contribution in [0.4, 0.5) is 8.78 Å². The van der Waals surface area contributed by atoms with Gasteiger partial charge in [0.1, 0.15) is 11.8 Å². The first-order chi connectivity index (χ1) is 12.5. The van der Waals surface area contributed by atoms with Crippen molar-refractivity contribution in [3.05, 3.63) is 41.5 Å². The van der Waals surface area contributed by atoms with Gasteiger partial charge in [0.25, 0.3) is 5.91 Å². The molecule has 1 atom stereocenters. The molecule has 1 heterocycles. The van der Waals surface area contributed by atoms with E-state index in [1.165, 1.54) is 24.6 Å². The Kier molecular flexibility index (Phi) is 5.80. The van der Waals surface area contributed by atoms with Crippen LogP contribution in [0.15, 0.2) is 28.8 Å². The number of hydrogen-bond acceptors (Lipinski definition) is 5.